The van der Waals surface area contributed by atoms with E-state index in [1.54, 1.807) is 11.3 Å². The number of nitrogens with one attached hydrogen (secondary N) is 2. The van der Waals surface area contributed by atoms with E-state index in [0.29, 0.717) is 6.04 Å². The molecule has 3 rings (SSSR count). The summed E-state index contributed by atoms with van der Waals surface area (Å²) in [6, 6.07) is 9.31. The SMILES string of the molecule is CN=C(NCc1sc(C)nc1C)NC1CCN(Cc2cccc(C)c2)CC1. The zero-order valence-electron chi connectivity index (χ0n) is 16.9. The zero-order valence-corrected chi connectivity index (χ0v) is 17.7. The molecule has 1 aliphatic rings. The molecule has 5 nitrogen and oxygen atoms in total. The molecule has 1 aromatic carbocycles. The lowest BCUT2D eigenvalue weighted by Gasteiger charge is -2.33. The second-order valence-electron chi connectivity index (χ2n) is 7.35. The molecule has 1 aliphatic heterocycles. The Balaban J connectivity index is 1.44. The third kappa shape index (κ3) is 5.78. The van der Waals surface area contributed by atoms with Crippen molar-refractivity contribution in [2.75, 3.05) is 20.1 Å². The highest BCUT2D eigenvalue weighted by Crippen LogP contribution is 2.17. The fourth-order valence-electron chi connectivity index (χ4n) is 3.59. The van der Waals surface area contributed by atoms with Crippen LogP contribution in [-0.4, -0.2) is 42.0 Å². The van der Waals surface area contributed by atoms with Crippen LogP contribution in [0.2, 0.25) is 0 Å². The maximum absolute atomic E-state index is 4.49. The van der Waals surface area contributed by atoms with Crippen molar-refractivity contribution in [3.05, 3.63) is 51.0 Å². The third-order valence-electron chi connectivity index (χ3n) is 5.06. The molecular weight excluding hydrogens is 354 g/mol. The molecule has 6 heteroatoms. The minimum absolute atomic E-state index is 0.481. The molecule has 1 saturated heterocycles. The first-order valence-electron chi connectivity index (χ1n) is 9.71. The molecule has 0 spiro atoms. The third-order valence-corrected chi connectivity index (χ3v) is 6.13. The number of likely N-dealkylation sites (tertiary alicyclic amines) is 1. The Morgan fingerprint density at radius 1 is 1.26 bits per heavy atom. The van der Waals surface area contributed by atoms with Crippen molar-refractivity contribution in [2.45, 2.75) is 52.7 Å². The molecule has 2 N–H and O–H groups in total. The Morgan fingerprint density at radius 2 is 2.04 bits per heavy atom. The number of nitrogens with zero attached hydrogens (tertiary/aromatic N) is 3. The minimum Gasteiger partial charge on any atom is -0.354 e. The molecule has 2 heterocycles. The molecule has 0 aliphatic carbocycles. The van der Waals surface area contributed by atoms with Gasteiger partial charge in [0.2, 0.25) is 0 Å². The average molecular weight is 386 g/mol. The number of aryl methyl sites for hydroxylation is 3. The molecule has 27 heavy (non-hydrogen) atoms. The van der Waals surface area contributed by atoms with E-state index < -0.39 is 0 Å². The lowest BCUT2D eigenvalue weighted by Crippen LogP contribution is -2.48. The highest BCUT2D eigenvalue weighted by Gasteiger charge is 2.20. The smallest absolute Gasteiger partial charge is 0.191 e. The molecule has 0 atom stereocenters. The average Bonchev–Trinajstić information content (AvgIpc) is 2.97. The second kappa shape index (κ2) is 9.33. The van der Waals surface area contributed by atoms with E-state index in [0.717, 1.165) is 55.7 Å². The van der Waals surface area contributed by atoms with E-state index in [2.05, 4.69) is 70.5 Å². The second-order valence-corrected chi connectivity index (χ2v) is 8.64. The summed E-state index contributed by atoms with van der Waals surface area (Å²) < 4.78 is 0. The van der Waals surface area contributed by atoms with Gasteiger partial charge in [0, 0.05) is 37.6 Å². The fourth-order valence-corrected chi connectivity index (χ4v) is 4.47. The maximum Gasteiger partial charge on any atom is 0.191 e. The van der Waals surface area contributed by atoms with Gasteiger partial charge in [0.05, 0.1) is 17.2 Å². The predicted molar refractivity (Wildman–Crippen MR) is 114 cm³/mol. The molecule has 0 unspecified atom stereocenters. The van der Waals surface area contributed by atoms with Gasteiger partial charge in [-0.05, 0) is 39.2 Å². The van der Waals surface area contributed by atoms with Crippen molar-refractivity contribution in [1.82, 2.24) is 20.5 Å². The molecule has 1 aromatic heterocycles. The van der Waals surface area contributed by atoms with Crippen LogP contribution in [-0.2, 0) is 13.1 Å². The van der Waals surface area contributed by atoms with Crippen LogP contribution in [0.1, 0.15) is 39.5 Å². The number of rotatable bonds is 5. The molecular formula is C21H31N5S. The van der Waals surface area contributed by atoms with Crippen molar-refractivity contribution in [2.24, 2.45) is 4.99 Å². The summed E-state index contributed by atoms with van der Waals surface area (Å²) in [6.07, 6.45) is 2.29. The maximum atomic E-state index is 4.49. The van der Waals surface area contributed by atoms with Crippen LogP contribution in [0.25, 0.3) is 0 Å². The lowest BCUT2D eigenvalue weighted by atomic mass is 10.0. The first kappa shape index (κ1) is 19.8. The van der Waals surface area contributed by atoms with Crippen LogP contribution in [0.3, 0.4) is 0 Å². The van der Waals surface area contributed by atoms with Crippen LogP contribution in [0.15, 0.2) is 29.3 Å². The lowest BCUT2D eigenvalue weighted by molar-refractivity contribution is 0.198. The highest BCUT2D eigenvalue weighted by atomic mass is 32.1. The molecule has 0 saturated carbocycles. The van der Waals surface area contributed by atoms with Crippen molar-refractivity contribution in [3.63, 3.8) is 0 Å². The van der Waals surface area contributed by atoms with E-state index in [4.69, 9.17) is 0 Å². The van der Waals surface area contributed by atoms with Crippen molar-refractivity contribution < 1.29 is 0 Å². The Bertz CT molecular complexity index is 775. The van der Waals surface area contributed by atoms with E-state index in [1.165, 1.54) is 16.0 Å². The predicted octanol–water partition coefficient (Wildman–Crippen LogP) is 3.40. The van der Waals surface area contributed by atoms with Gasteiger partial charge < -0.3 is 10.6 Å². The molecule has 146 valence electrons. The number of thiazole rings is 1. The topological polar surface area (TPSA) is 52.6 Å². The van der Waals surface area contributed by atoms with Gasteiger partial charge in [-0.25, -0.2) is 4.98 Å². The van der Waals surface area contributed by atoms with Gasteiger partial charge in [-0.1, -0.05) is 29.8 Å². The zero-order chi connectivity index (χ0) is 19.2. The van der Waals surface area contributed by atoms with Gasteiger partial charge >= 0.3 is 0 Å². The Hall–Kier alpha value is -1.92. The van der Waals surface area contributed by atoms with Crippen LogP contribution < -0.4 is 10.6 Å². The van der Waals surface area contributed by atoms with Gasteiger partial charge in [0.1, 0.15) is 0 Å². The number of aliphatic imine (C=N–C) groups is 1. The summed E-state index contributed by atoms with van der Waals surface area (Å²) in [6.45, 7) is 10.4. The van der Waals surface area contributed by atoms with Crippen molar-refractivity contribution >= 4 is 17.3 Å². The Labute approximate surface area is 166 Å². The van der Waals surface area contributed by atoms with Crippen LogP contribution >= 0.6 is 11.3 Å². The number of hydrogen-bond acceptors (Lipinski definition) is 4. The quantitative estimate of drug-likeness (QED) is 0.612. The largest absolute Gasteiger partial charge is 0.354 e. The van der Waals surface area contributed by atoms with Gasteiger partial charge in [-0.3, -0.25) is 9.89 Å². The monoisotopic (exact) mass is 385 g/mol. The summed E-state index contributed by atoms with van der Waals surface area (Å²) in [4.78, 5) is 12.7. The van der Waals surface area contributed by atoms with Crippen LogP contribution in [0.5, 0.6) is 0 Å². The fraction of sp³-hybridized carbons (Fsp3) is 0.524. The van der Waals surface area contributed by atoms with Gasteiger partial charge in [-0.2, -0.15) is 0 Å². The van der Waals surface area contributed by atoms with Gasteiger partial charge in [0.15, 0.2) is 5.96 Å². The van der Waals surface area contributed by atoms with E-state index in [1.807, 2.05) is 7.05 Å². The summed E-state index contributed by atoms with van der Waals surface area (Å²) in [7, 11) is 1.84. The van der Waals surface area contributed by atoms with Gasteiger partial charge in [0.25, 0.3) is 0 Å². The van der Waals surface area contributed by atoms with Crippen LogP contribution in [0.4, 0.5) is 0 Å². The first-order chi connectivity index (χ1) is 13.0. The standard InChI is InChI=1S/C21H31N5S/c1-15-6-5-7-18(12-15)14-26-10-8-19(9-11-26)25-21(22-4)23-13-20-16(2)24-17(3)27-20/h5-7,12,19H,8-11,13-14H2,1-4H3,(H2,22,23,25). The van der Waals surface area contributed by atoms with Gasteiger partial charge in [-0.15, -0.1) is 11.3 Å². The molecule has 0 bridgehead atoms. The summed E-state index contributed by atoms with van der Waals surface area (Å²) in [5, 5.41) is 8.15. The van der Waals surface area contributed by atoms with E-state index in [-0.39, 0.29) is 0 Å². The number of piperidine rings is 1. The minimum atomic E-state index is 0.481. The Kier molecular flexibility index (Phi) is 6.85. The summed E-state index contributed by atoms with van der Waals surface area (Å²) in [5.74, 6) is 0.887. The van der Waals surface area contributed by atoms with Crippen molar-refractivity contribution in [1.29, 1.82) is 0 Å². The summed E-state index contributed by atoms with van der Waals surface area (Å²) >= 11 is 1.75. The molecule has 1 fully saturated rings. The van der Waals surface area contributed by atoms with E-state index >= 15 is 0 Å². The molecule has 0 amide bonds. The highest BCUT2D eigenvalue weighted by molar-refractivity contribution is 7.11. The normalized spacial score (nSPS) is 16.5. The number of aromatic nitrogens is 1. The first-order valence-corrected chi connectivity index (χ1v) is 10.5. The molecule has 2 aromatic rings. The summed E-state index contributed by atoms with van der Waals surface area (Å²) in [5.41, 5.74) is 3.87. The number of benzene rings is 1. The van der Waals surface area contributed by atoms with Crippen molar-refractivity contribution in [3.8, 4) is 0 Å². The number of hydrogen-bond donors (Lipinski definition) is 2. The van der Waals surface area contributed by atoms with E-state index in [9.17, 15) is 0 Å². The van der Waals surface area contributed by atoms with Crippen LogP contribution in [0, 0.1) is 20.8 Å². The number of guanidine groups is 1. The molecule has 0 radical (unpaired) electrons. The Morgan fingerprint density at radius 3 is 2.67 bits per heavy atom.